The van der Waals surface area contributed by atoms with E-state index in [9.17, 15) is 9.18 Å². The SMILES string of the molecule is CCOc1ccccc1C(=O)NCCCN1CCN(c2ccc(F)cc2)CC1. The van der Waals surface area contributed by atoms with Crippen molar-refractivity contribution in [3.63, 3.8) is 0 Å². The van der Waals surface area contributed by atoms with Crippen LogP contribution in [0.2, 0.25) is 0 Å². The highest BCUT2D eigenvalue weighted by Crippen LogP contribution is 2.18. The average molecular weight is 385 g/mol. The maximum atomic E-state index is 13.1. The molecule has 6 heteroatoms. The lowest BCUT2D eigenvalue weighted by Crippen LogP contribution is -2.47. The lowest BCUT2D eigenvalue weighted by Gasteiger charge is -2.36. The fourth-order valence-corrected chi connectivity index (χ4v) is 3.42. The van der Waals surface area contributed by atoms with Crippen molar-refractivity contribution in [3.8, 4) is 5.75 Å². The van der Waals surface area contributed by atoms with Crippen LogP contribution in [0.1, 0.15) is 23.7 Å². The second-order valence-corrected chi connectivity index (χ2v) is 6.84. The van der Waals surface area contributed by atoms with Crippen LogP contribution in [0.5, 0.6) is 5.75 Å². The first-order valence-electron chi connectivity index (χ1n) is 9.90. The molecule has 1 amide bonds. The number of amides is 1. The Kier molecular flexibility index (Phi) is 7.25. The van der Waals surface area contributed by atoms with Gasteiger partial charge in [-0.2, -0.15) is 0 Å². The van der Waals surface area contributed by atoms with Crippen molar-refractivity contribution in [3.05, 3.63) is 59.9 Å². The number of carbonyl (C=O) groups excluding carboxylic acids is 1. The van der Waals surface area contributed by atoms with Gasteiger partial charge in [-0.15, -0.1) is 0 Å². The maximum absolute atomic E-state index is 13.1. The molecule has 0 unspecified atom stereocenters. The number of ether oxygens (including phenoxy) is 1. The van der Waals surface area contributed by atoms with Gasteiger partial charge in [-0.25, -0.2) is 4.39 Å². The first-order valence-corrected chi connectivity index (χ1v) is 9.90. The molecule has 0 saturated carbocycles. The molecule has 1 saturated heterocycles. The van der Waals surface area contributed by atoms with E-state index in [1.165, 1.54) is 12.1 Å². The lowest BCUT2D eigenvalue weighted by molar-refractivity contribution is 0.0947. The monoisotopic (exact) mass is 385 g/mol. The van der Waals surface area contributed by atoms with Crippen molar-refractivity contribution in [2.45, 2.75) is 13.3 Å². The molecule has 150 valence electrons. The second kappa shape index (κ2) is 10.1. The van der Waals surface area contributed by atoms with Crippen molar-refractivity contribution in [2.75, 3.05) is 50.8 Å². The molecule has 0 atom stereocenters. The van der Waals surface area contributed by atoms with E-state index in [0.717, 1.165) is 44.8 Å². The first kappa shape index (κ1) is 20.1. The van der Waals surface area contributed by atoms with Crippen molar-refractivity contribution in [1.82, 2.24) is 10.2 Å². The maximum Gasteiger partial charge on any atom is 0.255 e. The summed E-state index contributed by atoms with van der Waals surface area (Å²) in [5.41, 5.74) is 1.65. The fourth-order valence-electron chi connectivity index (χ4n) is 3.42. The molecule has 0 spiro atoms. The largest absolute Gasteiger partial charge is 0.493 e. The zero-order chi connectivity index (χ0) is 19.8. The number of benzene rings is 2. The van der Waals surface area contributed by atoms with Gasteiger partial charge in [0.25, 0.3) is 5.91 Å². The smallest absolute Gasteiger partial charge is 0.255 e. The number of nitrogens with one attached hydrogen (secondary N) is 1. The normalized spacial score (nSPS) is 14.7. The molecule has 28 heavy (non-hydrogen) atoms. The van der Waals surface area contributed by atoms with Crippen LogP contribution in [-0.4, -0.2) is 56.7 Å². The van der Waals surface area contributed by atoms with Gasteiger partial charge in [-0.3, -0.25) is 9.69 Å². The predicted octanol–water partition coefficient (Wildman–Crippen LogP) is 3.17. The van der Waals surface area contributed by atoms with E-state index >= 15 is 0 Å². The summed E-state index contributed by atoms with van der Waals surface area (Å²) >= 11 is 0. The van der Waals surface area contributed by atoms with Gasteiger partial charge in [0.1, 0.15) is 11.6 Å². The quantitative estimate of drug-likeness (QED) is 0.709. The van der Waals surface area contributed by atoms with Gasteiger partial charge in [-0.1, -0.05) is 12.1 Å². The number of carbonyl (C=O) groups is 1. The first-order chi connectivity index (χ1) is 13.7. The van der Waals surface area contributed by atoms with Gasteiger partial charge in [0.15, 0.2) is 0 Å². The zero-order valence-electron chi connectivity index (χ0n) is 16.4. The molecule has 1 N–H and O–H groups in total. The summed E-state index contributed by atoms with van der Waals surface area (Å²) in [5.74, 6) is 0.331. The third kappa shape index (κ3) is 5.45. The number of anilines is 1. The molecule has 2 aromatic rings. The van der Waals surface area contributed by atoms with E-state index in [1.54, 1.807) is 6.07 Å². The Morgan fingerprint density at radius 1 is 1.07 bits per heavy atom. The molecule has 3 rings (SSSR count). The Labute approximate surface area is 166 Å². The molecule has 0 radical (unpaired) electrons. The van der Waals surface area contributed by atoms with Gasteiger partial charge < -0.3 is 15.0 Å². The molecule has 0 aromatic heterocycles. The summed E-state index contributed by atoms with van der Waals surface area (Å²) in [6.07, 6.45) is 0.902. The average Bonchev–Trinajstić information content (AvgIpc) is 2.73. The van der Waals surface area contributed by atoms with Crippen LogP contribution >= 0.6 is 0 Å². The predicted molar refractivity (Wildman–Crippen MR) is 110 cm³/mol. The third-order valence-electron chi connectivity index (χ3n) is 4.93. The molecular weight excluding hydrogens is 357 g/mol. The number of piperazine rings is 1. The molecule has 1 aliphatic heterocycles. The molecular formula is C22H28FN3O2. The molecule has 0 aliphatic carbocycles. The van der Waals surface area contributed by atoms with Crippen LogP contribution in [0.3, 0.4) is 0 Å². The van der Waals surface area contributed by atoms with Gasteiger partial charge in [0.05, 0.1) is 12.2 Å². The van der Waals surface area contributed by atoms with Crippen molar-refractivity contribution in [2.24, 2.45) is 0 Å². The van der Waals surface area contributed by atoms with E-state index < -0.39 is 0 Å². The van der Waals surface area contributed by atoms with E-state index in [1.807, 2.05) is 37.3 Å². The van der Waals surface area contributed by atoms with Gasteiger partial charge in [-0.05, 0) is 56.3 Å². The van der Waals surface area contributed by atoms with Crippen LogP contribution in [0.15, 0.2) is 48.5 Å². The van der Waals surface area contributed by atoms with Gasteiger partial charge >= 0.3 is 0 Å². The van der Waals surface area contributed by atoms with E-state index in [2.05, 4.69) is 15.1 Å². The molecule has 1 aliphatic rings. The fraction of sp³-hybridized carbons (Fsp3) is 0.409. The van der Waals surface area contributed by atoms with Gasteiger partial charge in [0.2, 0.25) is 0 Å². The lowest BCUT2D eigenvalue weighted by atomic mass is 10.2. The summed E-state index contributed by atoms with van der Waals surface area (Å²) in [4.78, 5) is 17.1. The zero-order valence-corrected chi connectivity index (χ0v) is 16.4. The Balaban J connectivity index is 1.37. The summed E-state index contributed by atoms with van der Waals surface area (Å²) in [7, 11) is 0. The third-order valence-corrected chi connectivity index (χ3v) is 4.93. The Morgan fingerprint density at radius 2 is 1.79 bits per heavy atom. The van der Waals surface area contributed by atoms with Crippen LogP contribution in [0.4, 0.5) is 10.1 Å². The van der Waals surface area contributed by atoms with Crippen molar-refractivity contribution in [1.29, 1.82) is 0 Å². The second-order valence-electron chi connectivity index (χ2n) is 6.84. The van der Waals surface area contributed by atoms with E-state index in [0.29, 0.717) is 24.5 Å². The highest BCUT2D eigenvalue weighted by atomic mass is 19.1. The topological polar surface area (TPSA) is 44.8 Å². The minimum Gasteiger partial charge on any atom is -0.493 e. The number of halogens is 1. The molecule has 5 nitrogen and oxygen atoms in total. The molecule has 2 aromatic carbocycles. The highest BCUT2D eigenvalue weighted by molar-refractivity contribution is 5.96. The van der Waals surface area contributed by atoms with Crippen LogP contribution < -0.4 is 15.0 Å². The molecule has 1 heterocycles. The summed E-state index contributed by atoms with van der Waals surface area (Å²) < 4.78 is 18.6. The number of hydrogen-bond donors (Lipinski definition) is 1. The molecule has 0 bridgehead atoms. The number of rotatable bonds is 8. The summed E-state index contributed by atoms with van der Waals surface area (Å²) in [5, 5.41) is 2.99. The van der Waals surface area contributed by atoms with Gasteiger partial charge in [0, 0.05) is 38.4 Å². The summed E-state index contributed by atoms with van der Waals surface area (Å²) in [6.45, 7) is 7.83. The van der Waals surface area contributed by atoms with Crippen molar-refractivity contribution < 1.29 is 13.9 Å². The minimum absolute atomic E-state index is 0.0924. The molecule has 1 fully saturated rings. The Bertz CT molecular complexity index is 759. The Morgan fingerprint density at radius 3 is 2.50 bits per heavy atom. The van der Waals surface area contributed by atoms with Crippen LogP contribution in [0.25, 0.3) is 0 Å². The van der Waals surface area contributed by atoms with Crippen LogP contribution in [-0.2, 0) is 0 Å². The number of para-hydroxylation sites is 1. The number of hydrogen-bond acceptors (Lipinski definition) is 4. The van der Waals surface area contributed by atoms with E-state index in [-0.39, 0.29) is 11.7 Å². The standard InChI is InChI=1S/C22H28FN3O2/c1-2-28-21-7-4-3-6-20(21)22(27)24-12-5-13-25-14-16-26(17-15-25)19-10-8-18(23)9-11-19/h3-4,6-11H,2,5,12-17H2,1H3,(H,24,27). The minimum atomic E-state index is -0.201. The number of nitrogens with zero attached hydrogens (tertiary/aromatic N) is 2. The van der Waals surface area contributed by atoms with Crippen LogP contribution in [0, 0.1) is 5.82 Å². The summed E-state index contributed by atoms with van der Waals surface area (Å²) in [6, 6.07) is 14.0. The highest BCUT2D eigenvalue weighted by Gasteiger charge is 2.17. The van der Waals surface area contributed by atoms with E-state index in [4.69, 9.17) is 4.74 Å². The van der Waals surface area contributed by atoms with Crippen molar-refractivity contribution >= 4 is 11.6 Å². The Hall–Kier alpha value is -2.60.